The molecule has 0 bridgehead atoms. The number of aromatic nitrogens is 1. The van der Waals surface area contributed by atoms with Crippen LogP contribution in [0.5, 0.6) is 0 Å². The van der Waals surface area contributed by atoms with E-state index in [4.69, 9.17) is 0 Å². The summed E-state index contributed by atoms with van der Waals surface area (Å²) in [5.74, 6) is 0.983. The van der Waals surface area contributed by atoms with Gasteiger partial charge in [-0.1, -0.05) is 0 Å². The molecule has 16 heavy (non-hydrogen) atoms. The standard InChI is InChI=1S/C11H16N2O2S/c14-16(15)6-3-11(9-16)8-13-7-10-1-4-12-5-2-10/h1-2,4-5,11,13H,3,6-9H2. The van der Waals surface area contributed by atoms with Crippen LogP contribution < -0.4 is 5.32 Å². The van der Waals surface area contributed by atoms with Gasteiger partial charge in [0.15, 0.2) is 9.84 Å². The number of pyridine rings is 1. The van der Waals surface area contributed by atoms with Gasteiger partial charge in [0.2, 0.25) is 0 Å². The molecule has 88 valence electrons. The highest BCUT2D eigenvalue weighted by Gasteiger charge is 2.27. The Bertz CT molecular complexity index is 431. The van der Waals surface area contributed by atoms with Crippen LogP contribution in [0.2, 0.25) is 0 Å². The van der Waals surface area contributed by atoms with Crippen LogP contribution in [-0.4, -0.2) is 31.5 Å². The second kappa shape index (κ2) is 4.93. The van der Waals surface area contributed by atoms with Gasteiger partial charge in [-0.15, -0.1) is 0 Å². The molecule has 0 aliphatic carbocycles. The fourth-order valence-electron chi connectivity index (χ4n) is 1.95. The second-order valence-electron chi connectivity index (χ2n) is 4.26. The van der Waals surface area contributed by atoms with Gasteiger partial charge in [0, 0.05) is 18.9 Å². The van der Waals surface area contributed by atoms with E-state index in [-0.39, 0.29) is 5.92 Å². The zero-order chi connectivity index (χ0) is 11.4. The Balaban J connectivity index is 1.74. The van der Waals surface area contributed by atoms with E-state index in [9.17, 15) is 8.42 Å². The van der Waals surface area contributed by atoms with Crippen LogP contribution in [0.1, 0.15) is 12.0 Å². The fraction of sp³-hybridized carbons (Fsp3) is 0.545. The molecule has 1 aliphatic heterocycles. The maximum atomic E-state index is 11.2. The highest BCUT2D eigenvalue weighted by Crippen LogP contribution is 2.17. The van der Waals surface area contributed by atoms with Crippen molar-refractivity contribution in [3.63, 3.8) is 0 Å². The van der Waals surface area contributed by atoms with Gasteiger partial charge in [0.1, 0.15) is 0 Å². The van der Waals surface area contributed by atoms with E-state index in [1.165, 1.54) is 5.56 Å². The molecule has 1 N–H and O–H groups in total. The lowest BCUT2D eigenvalue weighted by atomic mass is 10.1. The molecule has 4 nitrogen and oxygen atoms in total. The normalized spacial score (nSPS) is 23.4. The van der Waals surface area contributed by atoms with Gasteiger partial charge >= 0.3 is 0 Å². The van der Waals surface area contributed by atoms with E-state index in [1.54, 1.807) is 12.4 Å². The second-order valence-corrected chi connectivity index (χ2v) is 6.48. The Labute approximate surface area is 96.0 Å². The average molecular weight is 240 g/mol. The predicted octanol–water partition coefficient (Wildman–Crippen LogP) is 0.606. The van der Waals surface area contributed by atoms with Gasteiger partial charge in [-0.05, 0) is 36.6 Å². The van der Waals surface area contributed by atoms with Crippen molar-refractivity contribution in [1.29, 1.82) is 0 Å². The van der Waals surface area contributed by atoms with Crippen LogP contribution in [0.15, 0.2) is 24.5 Å². The van der Waals surface area contributed by atoms with Crippen LogP contribution in [-0.2, 0) is 16.4 Å². The van der Waals surface area contributed by atoms with Crippen molar-refractivity contribution in [2.75, 3.05) is 18.1 Å². The molecule has 1 unspecified atom stereocenters. The predicted molar refractivity (Wildman–Crippen MR) is 62.7 cm³/mol. The summed E-state index contributed by atoms with van der Waals surface area (Å²) >= 11 is 0. The smallest absolute Gasteiger partial charge is 0.150 e. The molecule has 2 heterocycles. The summed E-state index contributed by atoms with van der Waals surface area (Å²) in [5, 5.41) is 3.29. The molecule has 2 rings (SSSR count). The summed E-state index contributed by atoms with van der Waals surface area (Å²) in [6, 6.07) is 3.91. The lowest BCUT2D eigenvalue weighted by Gasteiger charge is -2.09. The van der Waals surface area contributed by atoms with Crippen LogP contribution in [0, 0.1) is 5.92 Å². The van der Waals surface area contributed by atoms with Crippen molar-refractivity contribution in [1.82, 2.24) is 10.3 Å². The molecule has 0 aromatic carbocycles. The fourth-order valence-corrected chi connectivity index (χ4v) is 3.82. The quantitative estimate of drug-likeness (QED) is 0.837. The first kappa shape index (κ1) is 11.5. The lowest BCUT2D eigenvalue weighted by molar-refractivity contribution is 0.521. The average Bonchev–Trinajstić information content (AvgIpc) is 2.60. The number of nitrogens with zero attached hydrogens (tertiary/aromatic N) is 1. The molecule has 1 aromatic heterocycles. The molecule has 1 aliphatic rings. The van der Waals surface area contributed by atoms with Crippen LogP contribution in [0.4, 0.5) is 0 Å². The van der Waals surface area contributed by atoms with Crippen LogP contribution in [0.25, 0.3) is 0 Å². The largest absolute Gasteiger partial charge is 0.312 e. The van der Waals surface area contributed by atoms with Gasteiger partial charge in [-0.25, -0.2) is 8.42 Å². The van der Waals surface area contributed by atoms with Gasteiger partial charge in [0.25, 0.3) is 0 Å². The number of hydrogen-bond donors (Lipinski definition) is 1. The molecule has 1 fully saturated rings. The number of hydrogen-bond acceptors (Lipinski definition) is 4. The van der Waals surface area contributed by atoms with E-state index < -0.39 is 9.84 Å². The lowest BCUT2D eigenvalue weighted by Crippen LogP contribution is -2.23. The first-order chi connectivity index (χ1) is 7.66. The summed E-state index contributed by atoms with van der Waals surface area (Å²) in [6.07, 6.45) is 4.32. The highest BCUT2D eigenvalue weighted by molar-refractivity contribution is 7.91. The Morgan fingerprint density at radius 1 is 1.38 bits per heavy atom. The summed E-state index contributed by atoms with van der Waals surface area (Å²) < 4.78 is 22.5. The molecule has 1 aromatic rings. The first-order valence-corrected chi connectivity index (χ1v) is 7.28. The molecule has 0 amide bonds. The van der Waals surface area contributed by atoms with Crippen molar-refractivity contribution < 1.29 is 8.42 Å². The Kier molecular flexibility index (Phi) is 3.56. The van der Waals surface area contributed by atoms with Gasteiger partial charge < -0.3 is 5.32 Å². The van der Waals surface area contributed by atoms with Gasteiger partial charge in [-0.2, -0.15) is 0 Å². The molecular formula is C11H16N2O2S. The minimum atomic E-state index is -2.74. The number of sulfone groups is 1. The highest BCUT2D eigenvalue weighted by atomic mass is 32.2. The van der Waals surface area contributed by atoms with E-state index in [1.807, 2.05) is 12.1 Å². The van der Waals surface area contributed by atoms with E-state index >= 15 is 0 Å². The summed E-state index contributed by atoms with van der Waals surface area (Å²) in [6.45, 7) is 1.56. The van der Waals surface area contributed by atoms with Crippen molar-refractivity contribution in [2.24, 2.45) is 5.92 Å². The number of rotatable bonds is 4. The molecular weight excluding hydrogens is 224 g/mol. The molecule has 1 saturated heterocycles. The minimum Gasteiger partial charge on any atom is -0.312 e. The van der Waals surface area contributed by atoms with Crippen molar-refractivity contribution in [3.8, 4) is 0 Å². The maximum Gasteiger partial charge on any atom is 0.150 e. The zero-order valence-corrected chi connectivity index (χ0v) is 9.91. The molecule has 0 spiro atoms. The first-order valence-electron chi connectivity index (χ1n) is 5.46. The van der Waals surface area contributed by atoms with E-state index in [0.717, 1.165) is 19.5 Å². The molecule has 1 atom stereocenters. The van der Waals surface area contributed by atoms with Crippen LogP contribution >= 0.6 is 0 Å². The third-order valence-corrected chi connectivity index (χ3v) is 4.68. The SMILES string of the molecule is O=S1(=O)CCC(CNCc2ccncc2)C1. The summed E-state index contributed by atoms with van der Waals surface area (Å²) in [4.78, 5) is 3.94. The zero-order valence-electron chi connectivity index (χ0n) is 9.09. The third-order valence-electron chi connectivity index (χ3n) is 2.84. The summed E-state index contributed by atoms with van der Waals surface area (Å²) in [7, 11) is -2.74. The maximum absolute atomic E-state index is 11.2. The molecule has 5 heteroatoms. The van der Waals surface area contributed by atoms with Crippen LogP contribution in [0.3, 0.4) is 0 Å². The van der Waals surface area contributed by atoms with Gasteiger partial charge in [-0.3, -0.25) is 4.98 Å². The Hall–Kier alpha value is -0.940. The monoisotopic (exact) mass is 240 g/mol. The Morgan fingerprint density at radius 2 is 2.12 bits per heavy atom. The van der Waals surface area contributed by atoms with Crippen molar-refractivity contribution in [2.45, 2.75) is 13.0 Å². The molecule has 0 saturated carbocycles. The van der Waals surface area contributed by atoms with E-state index in [0.29, 0.717) is 11.5 Å². The topological polar surface area (TPSA) is 59.1 Å². The Morgan fingerprint density at radius 3 is 2.75 bits per heavy atom. The minimum absolute atomic E-state index is 0.284. The van der Waals surface area contributed by atoms with E-state index in [2.05, 4.69) is 10.3 Å². The third kappa shape index (κ3) is 3.28. The van der Waals surface area contributed by atoms with Crippen molar-refractivity contribution in [3.05, 3.63) is 30.1 Å². The van der Waals surface area contributed by atoms with Gasteiger partial charge in [0.05, 0.1) is 11.5 Å². The molecule has 0 radical (unpaired) electrons. The van der Waals surface area contributed by atoms with Crippen molar-refractivity contribution >= 4 is 9.84 Å². The summed E-state index contributed by atoms with van der Waals surface area (Å²) in [5.41, 5.74) is 1.18. The number of nitrogens with one attached hydrogen (secondary N) is 1.